The van der Waals surface area contributed by atoms with Gasteiger partial charge in [-0.2, -0.15) is 0 Å². The number of carbonyl (C=O) groups excluding carboxylic acids is 1. The van der Waals surface area contributed by atoms with Crippen molar-refractivity contribution in [3.05, 3.63) is 63.7 Å². The maximum atomic E-state index is 12.5. The van der Waals surface area contributed by atoms with Gasteiger partial charge in [0, 0.05) is 54.7 Å². The third kappa shape index (κ3) is 4.75. The van der Waals surface area contributed by atoms with Crippen LogP contribution in [0.15, 0.2) is 48.5 Å². The van der Waals surface area contributed by atoms with Gasteiger partial charge in [0.15, 0.2) is 0 Å². The maximum Gasteiger partial charge on any atom is 0.269 e. The van der Waals surface area contributed by atoms with Crippen molar-refractivity contribution in [1.82, 2.24) is 4.90 Å². The van der Waals surface area contributed by atoms with E-state index >= 15 is 0 Å². The van der Waals surface area contributed by atoms with Gasteiger partial charge in [-0.25, -0.2) is 0 Å². The van der Waals surface area contributed by atoms with Gasteiger partial charge in [0.2, 0.25) is 5.91 Å². The third-order valence-electron chi connectivity index (χ3n) is 4.76. The number of nitro groups is 1. The van der Waals surface area contributed by atoms with Gasteiger partial charge in [-0.15, -0.1) is 0 Å². The molecule has 2 aromatic carbocycles. The first kappa shape index (κ1) is 19.1. The molecule has 0 saturated carbocycles. The highest BCUT2D eigenvalue weighted by atomic mass is 35.5. The molecule has 1 aliphatic rings. The van der Waals surface area contributed by atoms with Crippen LogP contribution >= 0.6 is 11.6 Å². The molecule has 0 spiro atoms. The highest BCUT2D eigenvalue weighted by Crippen LogP contribution is 2.21. The summed E-state index contributed by atoms with van der Waals surface area (Å²) in [6.45, 7) is 4.88. The first-order chi connectivity index (χ1) is 12.9. The average molecular weight is 389 g/mol. The predicted molar refractivity (Wildman–Crippen MR) is 106 cm³/mol. The number of anilines is 2. The van der Waals surface area contributed by atoms with E-state index in [1.807, 2.05) is 13.0 Å². The monoisotopic (exact) mass is 388 g/mol. The molecule has 0 aromatic heterocycles. The Kier molecular flexibility index (Phi) is 5.93. The van der Waals surface area contributed by atoms with Crippen molar-refractivity contribution >= 4 is 34.6 Å². The number of benzene rings is 2. The van der Waals surface area contributed by atoms with Crippen molar-refractivity contribution in [2.45, 2.75) is 13.0 Å². The molecule has 7 nitrogen and oxygen atoms in total. The summed E-state index contributed by atoms with van der Waals surface area (Å²) < 4.78 is 0. The summed E-state index contributed by atoms with van der Waals surface area (Å²) in [5.74, 6) is -0.0685. The second-order valence-corrected chi connectivity index (χ2v) is 6.91. The molecule has 0 radical (unpaired) electrons. The lowest BCUT2D eigenvalue weighted by Gasteiger charge is -2.38. The van der Waals surface area contributed by atoms with E-state index < -0.39 is 4.92 Å². The smallest absolute Gasteiger partial charge is 0.269 e. The molecule has 8 heteroatoms. The molecule has 142 valence electrons. The van der Waals surface area contributed by atoms with Gasteiger partial charge >= 0.3 is 0 Å². The van der Waals surface area contributed by atoms with Crippen molar-refractivity contribution in [2.75, 3.05) is 36.4 Å². The maximum absolute atomic E-state index is 12.5. The standard InChI is InChI=1S/C19H21ClN4O3/c1-14(19(25)21-16-4-2-3-15(20)13-16)22-9-11-23(12-10-22)17-5-7-18(8-6-17)24(26)27/h2-8,13-14H,9-12H2,1H3,(H,21,25)/t14-/m0/s1. The normalized spacial score (nSPS) is 16.0. The van der Waals surface area contributed by atoms with Gasteiger partial charge in [0.25, 0.3) is 5.69 Å². The van der Waals surface area contributed by atoms with Gasteiger partial charge < -0.3 is 10.2 Å². The number of halogens is 1. The van der Waals surface area contributed by atoms with Crippen LogP contribution in [0.2, 0.25) is 5.02 Å². The molecule has 1 aliphatic heterocycles. The number of nitro benzene ring substituents is 1. The molecule has 1 N–H and O–H groups in total. The van der Waals surface area contributed by atoms with E-state index in [4.69, 9.17) is 11.6 Å². The Hall–Kier alpha value is -2.64. The summed E-state index contributed by atoms with van der Waals surface area (Å²) in [6.07, 6.45) is 0. The Morgan fingerprint density at radius 1 is 1.15 bits per heavy atom. The average Bonchev–Trinajstić information content (AvgIpc) is 2.67. The molecule has 0 bridgehead atoms. The van der Waals surface area contributed by atoms with E-state index in [0.717, 1.165) is 31.9 Å². The van der Waals surface area contributed by atoms with Gasteiger partial charge in [-0.3, -0.25) is 19.8 Å². The van der Waals surface area contributed by atoms with Gasteiger partial charge in [-0.1, -0.05) is 17.7 Å². The Bertz CT molecular complexity index is 820. The fourth-order valence-corrected chi connectivity index (χ4v) is 3.32. The van der Waals surface area contributed by atoms with Crippen LogP contribution in [0.3, 0.4) is 0 Å². The first-order valence-electron chi connectivity index (χ1n) is 8.74. The van der Waals surface area contributed by atoms with E-state index in [9.17, 15) is 14.9 Å². The summed E-state index contributed by atoms with van der Waals surface area (Å²) in [7, 11) is 0. The Morgan fingerprint density at radius 3 is 2.41 bits per heavy atom. The zero-order valence-corrected chi connectivity index (χ0v) is 15.7. The second kappa shape index (κ2) is 8.37. The van der Waals surface area contributed by atoms with Crippen LogP contribution < -0.4 is 10.2 Å². The highest BCUT2D eigenvalue weighted by molar-refractivity contribution is 6.30. The Morgan fingerprint density at radius 2 is 1.81 bits per heavy atom. The molecule has 2 aromatic rings. The number of amides is 1. The van der Waals surface area contributed by atoms with Crippen LogP contribution in [0, 0.1) is 10.1 Å². The molecular formula is C19H21ClN4O3. The van der Waals surface area contributed by atoms with Crippen molar-refractivity contribution in [3.63, 3.8) is 0 Å². The lowest BCUT2D eigenvalue weighted by atomic mass is 10.2. The largest absolute Gasteiger partial charge is 0.369 e. The summed E-state index contributed by atoms with van der Waals surface area (Å²) >= 11 is 5.95. The van der Waals surface area contributed by atoms with Crippen LogP contribution in [-0.4, -0.2) is 48.0 Å². The number of nitrogens with zero attached hydrogens (tertiary/aromatic N) is 3. The van der Waals surface area contributed by atoms with Crippen molar-refractivity contribution in [1.29, 1.82) is 0 Å². The molecule has 1 atom stereocenters. The molecule has 1 heterocycles. The SMILES string of the molecule is C[C@@H](C(=O)Nc1cccc(Cl)c1)N1CCN(c2ccc([N+](=O)[O-])cc2)CC1. The fraction of sp³-hybridized carbons (Fsp3) is 0.316. The number of hydrogen-bond acceptors (Lipinski definition) is 5. The lowest BCUT2D eigenvalue weighted by molar-refractivity contribution is -0.384. The molecule has 0 aliphatic carbocycles. The quantitative estimate of drug-likeness (QED) is 0.627. The molecule has 1 fully saturated rings. The van der Waals surface area contributed by atoms with E-state index in [-0.39, 0.29) is 17.6 Å². The number of nitrogens with one attached hydrogen (secondary N) is 1. The molecule has 0 unspecified atom stereocenters. The third-order valence-corrected chi connectivity index (χ3v) is 4.99. The lowest BCUT2D eigenvalue weighted by Crippen LogP contribution is -2.52. The van der Waals surface area contributed by atoms with Gasteiger partial charge in [0.05, 0.1) is 11.0 Å². The Balaban J connectivity index is 1.54. The number of carbonyl (C=O) groups is 1. The van der Waals surface area contributed by atoms with Crippen LogP contribution in [0.4, 0.5) is 17.1 Å². The minimum absolute atomic E-state index is 0.0685. The minimum atomic E-state index is -0.401. The van der Waals surface area contributed by atoms with Crippen molar-refractivity contribution in [3.8, 4) is 0 Å². The van der Waals surface area contributed by atoms with Crippen LogP contribution in [0.1, 0.15) is 6.92 Å². The molecule has 1 saturated heterocycles. The van der Waals surface area contributed by atoms with Crippen molar-refractivity contribution < 1.29 is 9.72 Å². The number of piperazine rings is 1. The summed E-state index contributed by atoms with van der Waals surface area (Å²) in [4.78, 5) is 27.2. The van der Waals surface area contributed by atoms with E-state index in [1.165, 1.54) is 12.1 Å². The molecular weight excluding hydrogens is 368 g/mol. The highest BCUT2D eigenvalue weighted by Gasteiger charge is 2.26. The topological polar surface area (TPSA) is 78.7 Å². The van der Waals surface area contributed by atoms with Crippen LogP contribution in [-0.2, 0) is 4.79 Å². The molecule has 3 rings (SSSR count). The fourth-order valence-electron chi connectivity index (χ4n) is 3.13. The summed E-state index contributed by atoms with van der Waals surface area (Å²) in [5.41, 5.74) is 1.73. The number of rotatable bonds is 5. The summed E-state index contributed by atoms with van der Waals surface area (Å²) in [5, 5.41) is 14.2. The Labute approximate surface area is 162 Å². The van der Waals surface area contributed by atoms with Crippen LogP contribution in [0.5, 0.6) is 0 Å². The molecule has 27 heavy (non-hydrogen) atoms. The minimum Gasteiger partial charge on any atom is -0.369 e. The van der Waals surface area contributed by atoms with Crippen LogP contribution in [0.25, 0.3) is 0 Å². The summed E-state index contributed by atoms with van der Waals surface area (Å²) in [6, 6.07) is 13.4. The predicted octanol–water partition coefficient (Wildman–Crippen LogP) is 3.40. The second-order valence-electron chi connectivity index (χ2n) is 6.47. The first-order valence-corrected chi connectivity index (χ1v) is 9.12. The van der Waals surface area contributed by atoms with Gasteiger partial charge in [-0.05, 0) is 37.3 Å². The zero-order chi connectivity index (χ0) is 19.4. The van der Waals surface area contributed by atoms with E-state index in [0.29, 0.717) is 10.7 Å². The molecule has 1 amide bonds. The van der Waals surface area contributed by atoms with E-state index in [2.05, 4.69) is 15.1 Å². The van der Waals surface area contributed by atoms with E-state index in [1.54, 1.807) is 30.3 Å². The van der Waals surface area contributed by atoms with Gasteiger partial charge in [0.1, 0.15) is 0 Å². The zero-order valence-electron chi connectivity index (χ0n) is 15.0. The van der Waals surface area contributed by atoms with Crippen molar-refractivity contribution in [2.24, 2.45) is 0 Å². The number of non-ortho nitro benzene ring substituents is 1. The number of hydrogen-bond donors (Lipinski definition) is 1.